The van der Waals surface area contributed by atoms with E-state index in [-0.39, 0.29) is 6.10 Å². The number of rotatable bonds is 5. The fourth-order valence-electron chi connectivity index (χ4n) is 3.19. The lowest BCUT2D eigenvalue weighted by Gasteiger charge is -2.20. The van der Waals surface area contributed by atoms with E-state index in [1.165, 1.54) is 5.56 Å². The van der Waals surface area contributed by atoms with E-state index >= 15 is 0 Å². The lowest BCUT2D eigenvalue weighted by Crippen LogP contribution is -2.32. The molecule has 6 nitrogen and oxygen atoms in total. The molecule has 24 heavy (non-hydrogen) atoms. The molecule has 6 heteroatoms. The van der Waals surface area contributed by atoms with E-state index in [2.05, 4.69) is 39.8 Å². The van der Waals surface area contributed by atoms with Crippen LogP contribution in [0.1, 0.15) is 23.8 Å². The third-order valence-corrected chi connectivity index (χ3v) is 4.52. The topological polar surface area (TPSA) is 56.9 Å². The zero-order chi connectivity index (χ0) is 16.4. The Morgan fingerprint density at radius 2 is 2.04 bits per heavy atom. The van der Waals surface area contributed by atoms with Gasteiger partial charge < -0.3 is 10.1 Å². The highest BCUT2D eigenvalue weighted by Crippen LogP contribution is 2.28. The number of hydrogen-bond donors (Lipinski definition) is 1. The molecule has 0 amide bonds. The standard InChI is InChI=1S/C18H21N5O/c1-22-17(7-10-20-22)18-16(8-12-24-18)19-13-14-3-5-15(6-4-14)23-11-2-9-21-23/h2-7,9-11,16,18-19H,8,12-13H2,1H3/t16-,18-/m0/s1. The SMILES string of the molecule is Cn1nccc1[C@H]1OCC[C@@H]1NCc1ccc(-n2cccn2)cc1. The number of aromatic nitrogens is 4. The molecule has 0 aliphatic carbocycles. The van der Waals surface area contributed by atoms with Gasteiger partial charge in [-0.15, -0.1) is 0 Å². The van der Waals surface area contributed by atoms with Gasteiger partial charge in [0.05, 0.1) is 11.4 Å². The molecule has 0 unspecified atom stereocenters. The maximum Gasteiger partial charge on any atom is 0.114 e. The number of hydrogen-bond acceptors (Lipinski definition) is 4. The van der Waals surface area contributed by atoms with Gasteiger partial charge in [0.2, 0.25) is 0 Å². The van der Waals surface area contributed by atoms with E-state index in [0.29, 0.717) is 6.04 Å². The van der Waals surface area contributed by atoms with Crippen LogP contribution in [-0.4, -0.2) is 32.2 Å². The summed E-state index contributed by atoms with van der Waals surface area (Å²) in [4.78, 5) is 0. The summed E-state index contributed by atoms with van der Waals surface area (Å²) in [5, 5.41) is 12.1. The van der Waals surface area contributed by atoms with E-state index in [9.17, 15) is 0 Å². The smallest absolute Gasteiger partial charge is 0.114 e. The van der Waals surface area contributed by atoms with E-state index in [1.54, 1.807) is 6.20 Å². The molecule has 1 aromatic carbocycles. The van der Waals surface area contributed by atoms with Gasteiger partial charge >= 0.3 is 0 Å². The molecule has 1 N–H and O–H groups in total. The lowest BCUT2D eigenvalue weighted by molar-refractivity contribution is 0.0919. The van der Waals surface area contributed by atoms with Crippen molar-refractivity contribution in [2.45, 2.75) is 25.1 Å². The van der Waals surface area contributed by atoms with Crippen LogP contribution in [0.2, 0.25) is 0 Å². The minimum atomic E-state index is 0.0702. The van der Waals surface area contributed by atoms with Gasteiger partial charge in [-0.2, -0.15) is 10.2 Å². The van der Waals surface area contributed by atoms with Gasteiger partial charge in [-0.25, -0.2) is 4.68 Å². The predicted octanol–water partition coefficient (Wildman–Crippen LogP) is 2.23. The summed E-state index contributed by atoms with van der Waals surface area (Å²) in [6.07, 6.45) is 6.64. The Morgan fingerprint density at radius 1 is 1.17 bits per heavy atom. The zero-order valence-corrected chi connectivity index (χ0v) is 13.7. The first-order chi connectivity index (χ1) is 11.8. The molecule has 2 atom stereocenters. The van der Waals surface area contributed by atoms with Gasteiger partial charge in [0.25, 0.3) is 0 Å². The first-order valence-electron chi connectivity index (χ1n) is 8.23. The fourth-order valence-corrected chi connectivity index (χ4v) is 3.19. The first-order valence-corrected chi connectivity index (χ1v) is 8.23. The van der Waals surface area contributed by atoms with E-state index in [0.717, 1.165) is 31.0 Å². The van der Waals surface area contributed by atoms with Crippen molar-refractivity contribution < 1.29 is 4.74 Å². The maximum atomic E-state index is 5.91. The Kier molecular flexibility index (Phi) is 4.15. The van der Waals surface area contributed by atoms with Crippen molar-refractivity contribution >= 4 is 0 Å². The second-order valence-electron chi connectivity index (χ2n) is 6.06. The monoisotopic (exact) mass is 323 g/mol. The van der Waals surface area contributed by atoms with Crippen LogP contribution >= 0.6 is 0 Å². The molecule has 0 bridgehead atoms. The van der Waals surface area contributed by atoms with E-state index in [4.69, 9.17) is 4.74 Å². The Bertz CT molecular complexity index is 778. The first kappa shape index (κ1) is 15.1. The Balaban J connectivity index is 1.40. The highest BCUT2D eigenvalue weighted by Gasteiger charge is 2.31. The molecular weight excluding hydrogens is 302 g/mol. The molecule has 3 aromatic rings. The molecule has 0 spiro atoms. The summed E-state index contributed by atoms with van der Waals surface area (Å²) < 4.78 is 9.67. The number of ether oxygens (including phenoxy) is 1. The van der Waals surface area contributed by atoms with Crippen molar-refractivity contribution in [3.63, 3.8) is 0 Å². The van der Waals surface area contributed by atoms with Gasteiger partial charge in [0.1, 0.15) is 6.10 Å². The molecule has 0 saturated carbocycles. The molecule has 2 aromatic heterocycles. The van der Waals surface area contributed by atoms with Gasteiger partial charge in [-0.05, 0) is 36.2 Å². The van der Waals surface area contributed by atoms with Crippen molar-refractivity contribution in [3.8, 4) is 5.69 Å². The largest absolute Gasteiger partial charge is 0.370 e. The maximum absolute atomic E-state index is 5.91. The van der Waals surface area contributed by atoms with Crippen molar-refractivity contribution in [3.05, 3.63) is 66.2 Å². The van der Waals surface area contributed by atoms with Crippen LogP contribution in [0.4, 0.5) is 0 Å². The Hall–Kier alpha value is -2.44. The third kappa shape index (κ3) is 2.98. The van der Waals surface area contributed by atoms with Gasteiger partial charge in [0, 0.05) is 44.8 Å². The molecule has 1 aliphatic rings. The summed E-state index contributed by atoms with van der Waals surface area (Å²) in [5.74, 6) is 0. The summed E-state index contributed by atoms with van der Waals surface area (Å²) in [6, 6.07) is 12.7. The molecule has 3 heterocycles. The minimum absolute atomic E-state index is 0.0702. The number of benzene rings is 1. The Morgan fingerprint density at radius 3 is 2.75 bits per heavy atom. The summed E-state index contributed by atoms with van der Waals surface area (Å²) >= 11 is 0. The summed E-state index contributed by atoms with van der Waals surface area (Å²) in [5.41, 5.74) is 3.45. The number of aryl methyl sites for hydroxylation is 1. The average Bonchev–Trinajstić information content (AvgIpc) is 3.35. The minimum Gasteiger partial charge on any atom is -0.370 e. The van der Waals surface area contributed by atoms with Crippen LogP contribution in [-0.2, 0) is 18.3 Å². The summed E-state index contributed by atoms with van der Waals surface area (Å²) in [7, 11) is 1.96. The second-order valence-corrected chi connectivity index (χ2v) is 6.06. The average molecular weight is 323 g/mol. The lowest BCUT2D eigenvalue weighted by atomic mass is 10.1. The van der Waals surface area contributed by atoms with Crippen LogP contribution in [0.25, 0.3) is 5.69 Å². The van der Waals surface area contributed by atoms with Crippen molar-refractivity contribution in [1.82, 2.24) is 24.9 Å². The number of nitrogens with zero attached hydrogens (tertiary/aromatic N) is 4. The fraction of sp³-hybridized carbons (Fsp3) is 0.333. The normalized spacial score (nSPS) is 20.5. The third-order valence-electron chi connectivity index (χ3n) is 4.52. The highest BCUT2D eigenvalue weighted by atomic mass is 16.5. The van der Waals surface area contributed by atoms with Crippen molar-refractivity contribution in [2.75, 3.05) is 6.61 Å². The second kappa shape index (κ2) is 6.59. The molecule has 124 valence electrons. The van der Waals surface area contributed by atoms with Gasteiger partial charge in [0.15, 0.2) is 0 Å². The highest BCUT2D eigenvalue weighted by molar-refractivity contribution is 5.33. The molecule has 1 fully saturated rings. The van der Waals surface area contributed by atoms with E-state index in [1.807, 2.05) is 40.9 Å². The molecule has 0 radical (unpaired) electrons. The van der Waals surface area contributed by atoms with Crippen molar-refractivity contribution in [1.29, 1.82) is 0 Å². The Labute approximate surface area is 141 Å². The quantitative estimate of drug-likeness (QED) is 0.782. The molecular formula is C18H21N5O. The predicted molar refractivity (Wildman–Crippen MR) is 90.7 cm³/mol. The molecule has 1 saturated heterocycles. The molecule has 1 aliphatic heterocycles. The van der Waals surface area contributed by atoms with Crippen molar-refractivity contribution in [2.24, 2.45) is 7.05 Å². The van der Waals surface area contributed by atoms with E-state index < -0.39 is 0 Å². The number of nitrogens with one attached hydrogen (secondary N) is 1. The van der Waals surface area contributed by atoms with Crippen LogP contribution < -0.4 is 5.32 Å². The molecule has 4 rings (SSSR count). The van der Waals surface area contributed by atoms with Gasteiger partial charge in [-0.3, -0.25) is 4.68 Å². The van der Waals surface area contributed by atoms with Crippen LogP contribution in [0, 0.1) is 0 Å². The van der Waals surface area contributed by atoms with Gasteiger partial charge in [-0.1, -0.05) is 12.1 Å². The van der Waals surface area contributed by atoms with Crippen LogP contribution in [0.5, 0.6) is 0 Å². The van der Waals surface area contributed by atoms with Crippen LogP contribution in [0.3, 0.4) is 0 Å². The van der Waals surface area contributed by atoms with Crippen LogP contribution in [0.15, 0.2) is 55.0 Å². The zero-order valence-electron chi connectivity index (χ0n) is 13.7. The summed E-state index contributed by atoms with van der Waals surface area (Å²) in [6.45, 7) is 1.60.